The van der Waals surface area contributed by atoms with E-state index in [9.17, 15) is 13.6 Å². The fraction of sp³-hybridized carbons (Fsp3) is 0.250. The van der Waals surface area contributed by atoms with E-state index in [4.69, 9.17) is 5.73 Å². The molecule has 0 bridgehead atoms. The molecule has 112 valence electrons. The molecular weight excluding hydrogens is 300 g/mol. The average Bonchev–Trinajstić information content (AvgIpc) is 2.81. The van der Waals surface area contributed by atoms with Crippen LogP contribution in [0.2, 0.25) is 0 Å². The predicted octanol–water partition coefficient (Wildman–Crippen LogP) is 1.28. The first-order valence-corrected chi connectivity index (χ1v) is 6.96. The molecule has 0 aliphatic heterocycles. The zero-order chi connectivity index (χ0) is 15.4. The number of amides is 1. The van der Waals surface area contributed by atoms with E-state index in [1.54, 1.807) is 11.6 Å². The Morgan fingerprint density at radius 3 is 2.76 bits per heavy atom. The largest absolute Gasteiger partial charge is 0.325 e. The van der Waals surface area contributed by atoms with Crippen molar-refractivity contribution in [3.63, 3.8) is 0 Å². The molecule has 0 unspecified atom stereocenters. The van der Waals surface area contributed by atoms with Crippen LogP contribution in [0.5, 0.6) is 0 Å². The van der Waals surface area contributed by atoms with E-state index in [1.165, 1.54) is 17.8 Å². The zero-order valence-electron chi connectivity index (χ0n) is 11.1. The Morgan fingerprint density at radius 2 is 2.14 bits per heavy atom. The maximum absolute atomic E-state index is 13.0. The molecular formula is C12H13F2N5OS. The van der Waals surface area contributed by atoms with Crippen molar-refractivity contribution < 1.29 is 13.6 Å². The first-order valence-electron chi connectivity index (χ1n) is 5.97. The number of rotatable bonds is 5. The van der Waals surface area contributed by atoms with Gasteiger partial charge in [0.1, 0.15) is 5.82 Å². The minimum atomic E-state index is -1.01. The summed E-state index contributed by atoms with van der Waals surface area (Å²) < 4.78 is 27.5. The van der Waals surface area contributed by atoms with Gasteiger partial charge in [0, 0.05) is 18.8 Å². The van der Waals surface area contributed by atoms with Gasteiger partial charge in [-0.25, -0.2) is 8.78 Å². The van der Waals surface area contributed by atoms with Gasteiger partial charge in [-0.3, -0.25) is 4.79 Å². The van der Waals surface area contributed by atoms with Crippen LogP contribution in [0, 0.1) is 11.6 Å². The van der Waals surface area contributed by atoms with E-state index in [0.29, 0.717) is 11.0 Å². The molecule has 0 atom stereocenters. The highest BCUT2D eigenvalue weighted by molar-refractivity contribution is 7.99. The Balaban J connectivity index is 1.92. The number of carbonyl (C=O) groups is 1. The molecule has 2 rings (SSSR count). The van der Waals surface area contributed by atoms with Gasteiger partial charge < -0.3 is 15.6 Å². The number of nitrogens with zero attached hydrogens (tertiary/aromatic N) is 3. The smallest absolute Gasteiger partial charge is 0.234 e. The summed E-state index contributed by atoms with van der Waals surface area (Å²) >= 11 is 1.17. The topological polar surface area (TPSA) is 85.8 Å². The van der Waals surface area contributed by atoms with Gasteiger partial charge in [0.2, 0.25) is 5.91 Å². The van der Waals surface area contributed by atoms with Crippen molar-refractivity contribution in [1.29, 1.82) is 0 Å². The number of halogens is 2. The third-order valence-electron chi connectivity index (χ3n) is 2.64. The number of benzene rings is 1. The summed E-state index contributed by atoms with van der Waals surface area (Å²) in [5.74, 6) is -1.66. The Bertz CT molecular complexity index is 661. The SMILES string of the molecule is Cn1c(CN)nnc1SCC(=O)Nc1ccc(F)c(F)c1. The van der Waals surface area contributed by atoms with Gasteiger partial charge in [0.05, 0.1) is 12.3 Å². The second-order valence-corrected chi connectivity index (χ2v) is 5.07. The van der Waals surface area contributed by atoms with Gasteiger partial charge >= 0.3 is 0 Å². The number of nitrogens with one attached hydrogen (secondary N) is 1. The molecule has 0 radical (unpaired) electrons. The predicted molar refractivity (Wildman–Crippen MR) is 74.6 cm³/mol. The number of hydrogen-bond acceptors (Lipinski definition) is 5. The average molecular weight is 313 g/mol. The molecule has 6 nitrogen and oxygen atoms in total. The second kappa shape index (κ2) is 6.64. The zero-order valence-corrected chi connectivity index (χ0v) is 12.0. The highest BCUT2D eigenvalue weighted by Crippen LogP contribution is 2.17. The van der Waals surface area contributed by atoms with Crippen LogP contribution in [0.1, 0.15) is 5.82 Å². The fourth-order valence-electron chi connectivity index (χ4n) is 1.55. The van der Waals surface area contributed by atoms with Crippen LogP contribution >= 0.6 is 11.8 Å². The lowest BCUT2D eigenvalue weighted by molar-refractivity contribution is -0.113. The van der Waals surface area contributed by atoms with Gasteiger partial charge in [0.15, 0.2) is 16.8 Å². The molecule has 1 aromatic heterocycles. The van der Waals surface area contributed by atoms with Crippen LogP contribution in [-0.4, -0.2) is 26.4 Å². The summed E-state index contributed by atoms with van der Waals surface area (Å²) in [7, 11) is 1.75. The second-order valence-electron chi connectivity index (χ2n) is 4.13. The number of hydrogen-bond donors (Lipinski definition) is 2. The van der Waals surface area contributed by atoms with Crippen molar-refractivity contribution >= 4 is 23.4 Å². The quantitative estimate of drug-likeness (QED) is 0.812. The van der Waals surface area contributed by atoms with Gasteiger partial charge in [-0.05, 0) is 12.1 Å². The summed E-state index contributed by atoms with van der Waals surface area (Å²) in [4.78, 5) is 11.7. The van der Waals surface area contributed by atoms with Gasteiger partial charge in [-0.2, -0.15) is 0 Å². The molecule has 2 aromatic rings. The molecule has 21 heavy (non-hydrogen) atoms. The molecule has 0 aliphatic carbocycles. The monoisotopic (exact) mass is 313 g/mol. The maximum Gasteiger partial charge on any atom is 0.234 e. The first-order chi connectivity index (χ1) is 10.0. The molecule has 9 heteroatoms. The Hall–Kier alpha value is -2.00. The van der Waals surface area contributed by atoms with Gasteiger partial charge in [-0.15, -0.1) is 10.2 Å². The van der Waals surface area contributed by atoms with E-state index in [-0.39, 0.29) is 23.9 Å². The number of carbonyl (C=O) groups excluding carboxylic acids is 1. The number of anilines is 1. The number of aromatic nitrogens is 3. The Kier molecular flexibility index (Phi) is 4.86. The summed E-state index contributed by atoms with van der Waals surface area (Å²) in [5.41, 5.74) is 5.67. The van der Waals surface area contributed by atoms with Crippen LogP contribution in [0.15, 0.2) is 23.4 Å². The minimum absolute atomic E-state index is 0.0650. The van der Waals surface area contributed by atoms with Gasteiger partial charge in [-0.1, -0.05) is 11.8 Å². The molecule has 1 aromatic carbocycles. The Labute approximate surface area is 123 Å². The molecule has 0 saturated heterocycles. The normalized spacial score (nSPS) is 10.7. The maximum atomic E-state index is 13.0. The fourth-order valence-corrected chi connectivity index (χ4v) is 2.28. The molecule has 0 fully saturated rings. The standard InChI is InChI=1S/C12H13F2N5OS/c1-19-10(5-15)17-18-12(19)21-6-11(20)16-7-2-3-8(13)9(14)4-7/h2-4H,5-6,15H2,1H3,(H,16,20). The lowest BCUT2D eigenvalue weighted by Crippen LogP contribution is -2.15. The lowest BCUT2D eigenvalue weighted by Gasteiger charge is -2.05. The number of nitrogens with two attached hydrogens (primary N) is 1. The van der Waals surface area contributed by atoms with E-state index in [2.05, 4.69) is 15.5 Å². The summed E-state index contributed by atoms with van der Waals surface area (Å²) in [6.07, 6.45) is 0. The molecule has 3 N–H and O–H groups in total. The third kappa shape index (κ3) is 3.76. The molecule has 0 spiro atoms. The summed E-state index contributed by atoms with van der Waals surface area (Å²) in [5, 5.41) is 10.8. The lowest BCUT2D eigenvalue weighted by atomic mass is 10.3. The van der Waals surface area contributed by atoms with E-state index in [0.717, 1.165) is 12.1 Å². The van der Waals surface area contributed by atoms with Crippen molar-refractivity contribution in [2.24, 2.45) is 12.8 Å². The van der Waals surface area contributed by atoms with Crippen molar-refractivity contribution in [2.75, 3.05) is 11.1 Å². The summed E-state index contributed by atoms with van der Waals surface area (Å²) in [6, 6.07) is 3.16. The molecule has 0 aliphatic rings. The van der Waals surface area contributed by atoms with Crippen LogP contribution < -0.4 is 11.1 Å². The summed E-state index contributed by atoms with van der Waals surface area (Å²) in [6.45, 7) is 0.255. The highest BCUT2D eigenvalue weighted by Gasteiger charge is 2.11. The highest BCUT2D eigenvalue weighted by atomic mass is 32.2. The Morgan fingerprint density at radius 1 is 1.38 bits per heavy atom. The van der Waals surface area contributed by atoms with Crippen LogP contribution in [0.4, 0.5) is 14.5 Å². The van der Waals surface area contributed by atoms with E-state index >= 15 is 0 Å². The van der Waals surface area contributed by atoms with Crippen molar-refractivity contribution in [3.05, 3.63) is 35.7 Å². The van der Waals surface area contributed by atoms with E-state index in [1.807, 2.05) is 0 Å². The first kappa shape index (κ1) is 15.4. The molecule has 1 amide bonds. The van der Waals surface area contributed by atoms with Gasteiger partial charge in [0.25, 0.3) is 0 Å². The third-order valence-corrected chi connectivity index (χ3v) is 3.66. The molecule has 1 heterocycles. The van der Waals surface area contributed by atoms with E-state index < -0.39 is 11.6 Å². The van der Waals surface area contributed by atoms with Crippen molar-refractivity contribution in [2.45, 2.75) is 11.7 Å². The minimum Gasteiger partial charge on any atom is -0.325 e. The number of thioether (sulfide) groups is 1. The van der Waals surface area contributed by atoms with Crippen LogP contribution in [-0.2, 0) is 18.4 Å². The van der Waals surface area contributed by atoms with Crippen LogP contribution in [0.3, 0.4) is 0 Å². The van der Waals surface area contributed by atoms with Crippen molar-refractivity contribution in [1.82, 2.24) is 14.8 Å². The molecule has 0 saturated carbocycles. The van der Waals surface area contributed by atoms with Crippen molar-refractivity contribution in [3.8, 4) is 0 Å². The van der Waals surface area contributed by atoms with Crippen LogP contribution in [0.25, 0.3) is 0 Å².